The van der Waals surface area contributed by atoms with Crippen molar-refractivity contribution in [2.75, 3.05) is 11.9 Å². The maximum atomic E-state index is 5.50. The van der Waals surface area contributed by atoms with Crippen molar-refractivity contribution in [2.45, 2.75) is 25.3 Å². The third kappa shape index (κ3) is 2.10. The smallest absolute Gasteiger partial charge is 0.0376 e. The number of hydrogen-bond donors (Lipinski definition) is 2. The number of fused-ring (bicyclic) bond motifs is 1. The predicted octanol–water partition coefficient (Wildman–Crippen LogP) is 2.52. The largest absolute Gasteiger partial charge is 0.382 e. The van der Waals surface area contributed by atoms with Crippen molar-refractivity contribution in [3.8, 4) is 0 Å². The van der Waals surface area contributed by atoms with Crippen molar-refractivity contribution in [1.29, 1.82) is 0 Å². The molecule has 0 bridgehead atoms. The fraction of sp³-hybridized carbons (Fsp3) is 0.455. The van der Waals surface area contributed by atoms with E-state index >= 15 is 0 Å². The monoisotopic (exact) mass is 254 g/mol. The van der Waals surface area contributed by atoms with E-state index in [0.29, 0.717) is 6.04 Å². The minimum atomic E-state index is 0.586. The van der Waals surface area contributed by atoms with Crippen LogP contribution < -0.4 is 11.1 Å². The average Bonchev–Trinajstić information content (AvgIpc) is 2.56. The Bertz CT molecular complexity index is 325. The molecule has 1 aromatic carbocycles. The molecule has 14 heavy (non-hydrogen) atoms. The highest BCUT2D eigenvalue weighted by Crippen LogP contribution is 2.29. The summed E-state index contributed by atoms with van der Waals surface area (Å²) in [7, 11) is 0. The van der Waals surface area contributed by atoms with Gasteiger partial charge < -0.3 is 11.1 Å². The number of nitrogens with two attached hydrogens (primary N) is 1. The van der Waals surface area contributed by atoms with Crippen LogP contribution in [0.25, 0.3) is 0 Å². The zero-order valence-corrected chi connectivity index (χ0v) is 9.68. The molecule has 0 amide bonds. The van der Waals surface area contributed by atoms with E-state index in [9.17, 15) is 0 Å². The van der Waals surface area contributed by atoms with Crippen LogP contribution in [-0.4, -0.2) is 12.6 Å². The lowest BCUT2D eigenvalue weighted by atomic mass is 10.1. The average molecular weight is 255 g/mol. The molecule has 1 aromatic rings. The van der Waals surface area contributed by atoms with E-state index in [1.165, 1.54) is 17.7 Å². The molecule has 2 rings (SSSR count). The summed E-state index contributed by atoms with van der Waals surface area (Å²) in [6.45, 7) is 0.790. The summed E-state index contributed by atoms with van der Waals surface area (Å²) in [5, 5.41) is 3.52. The number of hydrogen-bond acceptors (Lipinski definition) is 2. The van der Waals surface area contributed by atoms with Crippen LogP contribution in [0.3, 0.4) is 0 Å². The molecule has 3 N–H and O–H groups in total. The second-order valence-corrected chi connectivity index (χ2v) is 4.69. The number of nitrogens with one attached hydrogen (secondary N) is 1. The van der Waals surface area contributed by atoms with Crippen molar-refractivity contribution in [3.63, 3.8) is 0 Å². The number of rotatable bonds is 3. The molecule has 1 aliphatic rings. The molecule has 0 saturated carbocycles. The van der Waals surface area contributed by atoms with E-state index in [4.69, 9.17) is 5.73 Å². The van der Waals surface area contributed by atoms with E-state index in [-0.39, 0.29) is 0 Å². The summed E-state index contributed by atoms with van der Waals surface area (Å²) in [4.78, 5) is 0. The minimum Gasteiger partial charge on any atom is -0.382 e. The first-order valence-electron chi connectivity index (χ1n) is 5.04. The minimum absolute atomic E-state index is 0.586. The van der Waals surface area contributed by atoms with Crippen molar-refractivity contribution in [1.82, 2.24) is 0 Å². The van der Waals surface area contributed by atoms with E-state index in [1.807, 2.05) is 0 Å². The predicted molar refractivity (Wildman–Crippen MR) is 63.5 cm³/mol. The van der Waals surface area contributed by atoms with E-state index in [1.54, 1.807) is 0 Å². The molecule has 1 aliphatic heterocycles. The second kappa shape index (κ2) is 4.32. The maximum absolute atomic E-state index is 5.50. The van der Waals surface area contributed by atoms with Gasteiger partial charge in [-0.1, -0.05) is 15.9 Å². The fourth-order valence-corrected chi connectivity index (χ4v) is 2.36. The first-order valence-corrected chi connectivity index (χ1v) is 5.84. The van der Waals surface area contributed by atoms with Gasteiger partial charge in [0.05, 0.1) is 0 Å². The molecule has 3 heteroatoms. The van der Waals surface area contributed by atoms with Gasteiger partial charge in [0.25, 0.3) is 0 Å². The Kier molecular flexibility index (Phi) is 3.08. The van der Waals surface area contributed by atoms with Crippen LogP contribution in [0.1, 0.15) is 18.4 Å². The molecule has 0 radical (unpaired) electrons. The zero-order valence-electron chi connectivity index (χ0n) is 8.09. The molecule has 0 fully saturated rings. The Morgan fingerprint density at radius 3 is 3.14 bits per heavy atom. The highest BCUT2D eigenvalue weighted by molar-refractivity contribution is 9.10. The van der Waals surface area contributed by atoms with Gasteiger partial charge in [-0.2, -0.15) is 0 Å². The van der Waals surface area contributed by atoms with Gasteiger partial charge in [0.1, 0.15) is 0 Å². The van der Waals surface area contributed by atoms with Crippen LogP contribution in [0.4, 0.5) is 5.69 Å². The summed E-state index contributed by atoms with van der Waals surface area (Å²) >= 11 is 3.49. The van der Waals surface area contributed by atoms with Crippen molar-refractivity contribution in [3.05, 3.63) is 28.2 Å². The van der Waals surface area contributed by atoms with Gasteiger partial charge in [0, 0.05) is 16.2 Å². The Morgan fingerprint density at radius 1 is 1.50 bits per heavy atom. The van der Waals surface area contributed by atoms with Crippen molar-refractivity contribution < 1.29 is 0 Å². The molecule has 0 spiro atoms. The van der Waals surface area contributed by atoms with Crippen molar-refractivity contribution in [2.24, 2.45) is 5.73 Å². The fourth-order valence-electron chi connectivity index (χ4n) is 1.95. The van der Waals surface area contributed by atoms with Gasteiger partial charge in [-0.3, -0.25) is 0 Å². The summed E-state index contributed by atoms with van der Waals surface area (Å²) < 4.78 is 1.16. The summed E-state index contributed by atoms with van der Waals surface area (Å²) in [5.41, 5.74) is 8.21. The second-order valence-electron chi connectivity index (χ2n) is 3.78. The Labute approximate surface area is 93.0 Å². The molecule has 2 nitrogen and oxygen atoms in total. The number of halogens is 1. The molecule has 1 atom stereocenters. The quantitative estimate of drug-likeness (QED) is 0.870. The van der Waals surface area contributed by atoms with Gasteiger partial charge in [-0.05, 0) is 49.6 Å². The first-order chi connectivity index (χ1) is 6.79. The Hall–Kier alpha value is -0.540. The van der Waals surface area contributed by atoms with Crippen LogP contribution in [0.5, 0.6) is 0 Å². The summed E-state index contributed by atoms with van der Waals surface area (Å²) in [6, 6.07) is 7.01. The first kappa shape index (κ1) is 9.99. The maximum Gasteiger partial charge on any atom is 0.0376 e. The van der Waals surface area contributed by atoms with E-state index < -0.39 is 0 Å². The van der Waals surface area contributed by atoms with E-state index in [2.05, 4.69) is 39.4 Å². The molecule has 1 unspecified atom stereocenters. The van der Waals surface area contributed by atoms with Crippen LogP contribution in [0, 0.1) is 0 Å². The van der Waals surface area contributed by atoms with Gasteiger partial charge in [-0.25, -0.2) is 0 Å². The normalized spacial score (nSPS) is 19.1. The highest BCUT2D eigenvalue weighted by atomic mass is 79.9. The van der Waals surface area contributed by atoms with Crippen LogP contribution >= 0.6 is 15.9 Å². The van der Waals surface area contributed by atoms with E-state index in [0.717, 1.165) is 23.9 Å². The standard InChI is InChI=1S/C11H15BrN2/c12-9-3-4-11-8(6-9)7-10(14-11)2-1-5-13/h3-4,6,10,14H,1-2,5,7,13H2. The number of anilines is 1. The molecule has 76 valence electrons. The molecule has 0 aliphatic carbocycles. The lowest BCUT2D eigenvalue weighted by molar-refractivity contribution is 0.639. The topological polar surface area (TPSA) is 38.0 Å². The third-order valence-corrected chi connectivity index (χ3v) is 3.14. The Balaban J connectivity index is 2.03. The molecular weight excluding hydrogens is 240 g/mol. The van der Waals surface area contributed by atoms with Gasteiger partial charge in [-0.15, -0.1) is 0 Å². The molecule has 1 heterocycles. The summed E-state index contributed by atoms with van der Waals surface area (Å²) in [5.74, 6) is 0. The van der Waals surface area contributed by atoms with Gasteiger partial charge in [0.2, 0.25) is 0 Å². The summed E-state index contributed by atoms with van der Waals surface area (Å²) in [6.07, 6.45) is 3.41. The van der Waals surface area contributed by atoms with Crippen LogP contribution in [0.15, 0.2) is 22.7 Å². The van der Waals surface area contributed by atoms with Crippen LogP contribution in [-0.2, 0) is 6.42 Å². The van der Waals surface area contributed by atoms with Gasteiger partial charge >= 0.3 is 0 Å². The van der Waals surface area contributed by atoms with Crippen molar-refractivity contribution >= 4 is 21.6 Å². The number of benzene rings is 1. The molecular formula is C11H15BrN2. The SMILES string of the molecule is NCCCC1Cc2cc(Br)ccc2N1. The molecule has 0 aromatic heterocycles. The lowest BCUT2D eigenvalue weighted by Gasteiger charge is -2.09. The highest BCUT2D eigenvalue weighted by Gasteiger charge is 2.19. The zero-order chi connectivity index (χ0) is 9.97. The lowest BCUT2D eigenvalue weighted by Crippen LogP contribution is -2.16. The third-order valence-electron chi connectivity index (χ3n) is 2.65. The Morgan fingerprint density at radius 2 is 2.36 bits per heavy atom. The molecule has 0 saturated heterocycles. The van der Waals surface area contributed by atoms with Crippen LogP contribution in [0.2, 0.25) is 0 Å². The van der Waals surface area contributed by atoms with Gasteiger partial charge in [0.15, 0.2) is 0 Å².